The van der Waals surface area contributed by atoms with Crippen LogP contribution in [-0.4, -0.2) is 11.9 Å². The van der Waals surface area contributed by atoms with Crippen molar-refractivity contribution < 1.29 is 4.79 Å². The summed E-state index contributed by atoms with van der Waals surface area (Å²) in [5.41, 5.74) is 6.67. The van der Waals surface area contributed by atoms with E-state index in [1.165, 1.54) is 12.8 Å². The molecule has 3 N–H and O–H groups in total. The molecule has 0 bridgehead atoms. The van der Waals surface area contributed by atoms with Crippen molar-refractivity contribution >= 4 is 23.2 Å². The average Bonchev–Trinajstić information content (AvgIpc) is 2.70. The molecule has 19 heavy (non-hydrogen) atoms. The van der Waals surface area contributed by atoms with Crippen molar-refractivity contribution in [2.75, 3.05) is 5.73 Å². The molecule has 4 heteroatoms. The molecule has 1 aromatic rings. The Morgan fingerprint density at radius 1 is 1.47 bits per heavy atom. The highest BCUT2D eigenvalue weighted by molar-refractivity contribution is 6.34. The number of nitrogen functional groups attached to an aromatic ring is 1. The molecule has 0 spiro atoms. The minimum atomic E-state index is -0.156. The molecule has 1 saturated carbocycles. The summed E-state index contributed by atoms with van der Waals surface area (Å²) < 4.78 is 0. The molecule has 0 heterocycles. The van der Waals surface area contributed by atoms with E-state index < -0.39 is 0 Å². The van der Waals surface area contributed by atoms with E-state index in [4.69, 9.17) is 17.3 Å². The lowest BCUT2D eigenvalue weighted by atomic mass is 9.93. The topological polar surface area (TPSA) is 55.1 Å². The van der Waals surface area contributed by atoms with Gasteiger partial charge >= 0.3 is 0 Å². The zero-order valence-corrected chi connectivity index (χ0v) is 12.2. The summed E-state index contributed by atoms with van der Waals surface area (Å²) in [5, 5.41) is 3.50. The van der Waals surface area contributed by atoms with Gasteiger partial charge in [0.05, 0.1) is 10.6 Å². The number of carbonyl (C=O) groups is 1. The fourth-order valence-corrected chi connectivity index (χ4v) is 3.32. The van der Waals surface area contributed by atoms with E-state index in [2.05, 4.69) is 19.2 Å². The molecule has 0 saturated heterocycles. The Balaban J connectivity index is 2.10. The maximum atomic E-state index is 12.3. The number of hydrogen-bond donors (Lipinski definition) is 2. The van der Waals surface area contributed by atoms with Crippen molar-refractivity contribution in [1.29, 1.82) is 0 Å². The lowest BCUT2D eigenvalue weighted by Gasteiger charge is -2.21. The zero-order valence-electron chi connectivity index (χ0n) is 11.4. The molecule has 1 amide bonds. The van der Waals surface area contributed by atoms with Crippen LogP contribution in [0.25, 0.3) is 0 Å². The number of rotatable bonds is 3. The van der Waals surface area contributed by atoms with Crippen molar-refractivity contribution in [1.82, 2.24) is 5.32 Å². The van der Waals surface area contributed by atoms with Crippen molar-refractivity contribution in [3.63, 3.8) is 0 Å². The van der Waals surface area contributed by atoms with Crippen molar-refractivity contribution in [2.45, 2.75) is 39.2 Å². The van der Waals surface area contributed by atoms with Gasteiger partial charge in [0.15, 0.2) is 0 Å². The summed E-state index contributed by atoms with van der Waals surface area (Å²) in [6.07, 6.45) is 3.39. The van der Waals surface area contributed by atoms with E-state index in [-0.39, 0.29) is 11.9 Å². The quantitative estimate of drug-likeness (QED) is 0.833. The predicted molar refractivity (Wildman–Crippen MR) is 79.3 cm³/mol. The van der Waals surface area contributed by atoms with Gasteiger partial charge in [0.2, 0.25) is 0 Å². The van der Waals surface area contributed by atoms with Gasteiger partial charge in [-0.2, -0.15) is 0 Å². The van der Waals surface area contributed by atoms with Gasteiger partial charge in [-0.15, -0.1) is 0 Å². The molecule has 104 valence electrons. The average molecular weight is 281 g/mol. The fourth-order valence-electron chi connectivity index (χ4n) is 3.05. The van der Waals surface area contributed by atoms with Gasteiger partial charge in [0.1, 0.15) is 0 Å². The van der Waals surface area contributed by atoms with Crippen molar-refractivity contribution in [3.8, 4) is 0 Å². The first kappa shape index (κ1) is 14.2. The minimum absolute atomic E-state index is 0.156. The molecule has 0 radical (unpaired) electrons. The number of halogens is 1. The first-order chi connectivity index (χ1) is 9.04. The van der Waals surface area contributed by atoms with Gasteiger partial charge in [0.25, 0.3) is 5.91 Å². The summed E-state index contributed by atoms with van der Waals surface area (Å²) in [6, 6.07) is 5.38. The van der Waals surface area contributed by atoms with Gasteiger partial charge in [-0.1, -0.05) is 37.9 Å². The summed E-state index contributed by atoms with van der Waals surface area (Å²) >= 11 is 6.06. The van der Waals surface area contributed by atoms with Crippen LogP contribution >= 0.6 is 11.6 Å². The largest absolute Gasteiger partial charge is 0.398 e. The molecular weight excluding hydrogens is 260 g/mol. The number of benzene rings is 1. The molecule has 0 aromatic heterocycles. The Bertz CT molecular complexity index is 455. The highest BCUT2D eigenvalue weighted by atomic mass is 35.5. The molecule has 1 aliphatic rings. The van der Waals surface area contributed by atoms with Crippen LogP contribution in [0.1, 0.15) is 43.5 Å². The molecule has 3 atom stereocenters. The van der Waals surface area contributed by atoms with Gasteiger partial charge in [-0.3, -0.25) is 4.79 Å². The second-order valence-electron chi connectivity index (χ2n) is 5.39. The third-order valence-corrected chi connectivity index (χ3v) is 4.66. The molecule has 1 fully saturated rings. The van der Waals surface area contributed by atoms with Crippen LogP contribution in [0.2, 0.25) is 5.02 Å². The van der Waals surface area contributed by atoms with E-state index in [1.807, 2.05) is 0 Å². The van der Waals surface area contributed by atoms with Gasteiger partial charge in [-0.05, 0) is 36.8 Å². The standard InChI is InChI=1S/C15H21ClN2O/c1-3-10-7-8-13(9(10)2)18-15(19)14-11(16)5-4-6-12(14)17/h4-6,9-10,13H,3,7-8,17H2,1-2H3,(H,18,19). The van der Waals surface area contributed by atoms with E-state index in [0.29, 0.717) is 28.1 Å². The van der Waals surface area contributed by atoms with Gasteiger partial charge in [0, 0.05) is 11.7 Å². The molecule has 1 aliphatic carbocycles. The third-order valence-electron chi connectivity index (χ3n) is 4.34. The molecule has 0 aliphatic heterocycles. The SMILES string of the molecule is CCC1CCC(NC(=O)c2c(N)cccc2Cl)C1C. The van der Waals surface area contributed by atoms with Crippen LogP contribution in [0.15, 0.2) is 18.2 Å². The lowest BCUT2D eigenvalue weighted by Crippen LogP contribution is -2.38. The summed E-state index contributed by atoms with van der Waals surface area (Å²) in [4.78, 5) is 12.3. The number of hydrogen-bond acceptors (Lipinski definition) is 2. The summed E-state index contributed by atoms with van der Waals surface area (Å²) in [6.45, 7) is 4.42. The Kier molecular flexibility index (Phi) is 4.35. The number of anilines is 1. The maximum absolute atomic E-state index is 12.3. The zero-order chi connectivity index (χ0) is 14.0. The molecular formula is C15H21ClN2O. The number of nitrogens with one attached hydrogen (secondary N) is 1. The molecule has 2 rings (SSSR count). The van der Waals surface area contributed by atoms with Crippen molar-refractivity contribution in [2.24, 2.45) is 11.8 Å². The van der Waals surface area contributed by atoms with E-state index >= 15 is 0 Å². The Labute approximate surface area is 119 Å². The predicted octanol–water partition coefficient (Wildman–Crippen LogP) is 3.48. The van der Waals surface area contributed by atoms with E-state index in [0.717, 1.165) is 6.42 Å². The van der Waals surface area contributed by atoms with Crippen LogP contribution in [0.5, 0.6) is 0 Å². The van der Waals surface area contributed by atoms with E-state index in [1.54, 1.807) is 18.2 Å². The number of nitrogens with two attached hydrogens (primary N) is 1. The molecule has 3 nitrogen and oxygen atoms in total. The minimum Gasteiger partial charge on any atom is -0.398 e. The highest BCUT2D eigenvalue weighted by Crippen LogP contribution is 2.34. The molecule has 3 unspecified atom stereocenters. The Morgan fingerprint density at radius 3 is 2.79 bits per heavy atom. The number of carbonyl (C=O) groups excluding carboxylic acids is 1. The number of amides is 1. The smallest absolute Gasteiger partial charge is 0.255 e. The van der Waals surface area contributed by atoms with Crippen molar-refractivity contribution in [3.05, 3.63) is 28.8 Å². The van der Waals surface area contributed by atoms with E-state index in [9.17, 15) is 4.79 Å². The first-order valence-corrected chi connectivity index (χ1v) is 7.27. The lowest BCUT2D eigenvalue weighted by molar-refractivity contribution is 0.0927. The maximum Gasteiger partial charge on any atom is 0.255 e. The van der Waals surface area contributed by atoms with Crippen LogP contribution in [-0.2, 0) is 0 Å². The monoisotopic (exact) mass is 280 g/mol. The van der Waals surface area contributed by atoms with Gasteiger partial charge in [-0.25, -0.2) is 0 Å². The Hall–Kier alpha value is -1.22. The summed E-state index contributed by atoms with van der Waals surface area (Å²) in [5.74, 6) is 1.06. The second-order valence-corrected chi connectivity index (χ2v) is 5.80. The van der Waals surface area contributed by atoms with Crippen LogP contribution < -0.4 is 11.1 Å². The fraction of sp³-hybridized carbons (Fsp3) is 0.533. The molecule has 1 aromatic carbocycles. The van der Waals surface area contributed by atoms with Crippen LogP contribution in [0.4, 0.5) is 5.69 Å². The van der Waals surface area contributed by atoms with Gasteiger partial charge < -0.3 is 11.1 Å². The summed E-state index contributed by atoms with van der Waals surface area (Å²) in [7, 11) is 0. The normalized spacial score (nSPS) is 26.4. The second kappa shape index (κ2) is 5.83. The third kappa shape index (κ3) is 2.86. The van der Waals surface area contributed by atoms with Crippen LogP contribution in [0, 0.1) is 11.8 Å². The van der Waals surface area contributed by atoms with Crippen LogP contribution in [0.3, 0.4) is 0 Å². The Morgan fingerprint density at radius 2 is 2.21 bits per heavy atom. The highest BCUT2D eigenvalue weighted by Gasteiger charge is 2.33. The first-order valence-electron chi connectivity index (χ1n) is 6.89.